The molecule has 1 spiro atoms. The second kappa shape index (κ2) is 12.0. The molecule has 6 nitrogen and oxygen atoms in total. The predicted octanol–water partition coefficient (Wildman–Crippen LogP) is 5.13. The highest BCUT2D eigenvalue weighted by atomic mass is 127. The van der Waals surface area contributed by atoms with Crippen molar-refractivity contribution in [1.29, 1.82) is 0 Å². The van der Waals surface area contributed by atoms with Gasteiger partial charge in [0.05, 0.1) is 12.2 Å². The van der Waals surface area contributed by atoms with Gasteiger partial charge in [0, 0.05) is 26.7 Å². The van der Waals surface area contributed by atoms with Gasteiger partial charge in [-0.25, -0.2) is 4.98 Å². The molecule has 1 aromatic heterocycles. The van der Waals surface area contributed by atoms with E-state index in [9.17, 15) is 0 Å². The van der Waals surface area contributed by atoms with Crippen molar-refractivity contribution in [3.8, 4) is 0 Å². The number of guanidine groups is 1. The minimum absolute atomic E-state index is 0. The molecule has 0 amide bonds. The van der Waals surface area contributed by atoms with Crippen LogP contribution in [0.3, 0.4) is 0 Å². The highest BCUT2D eigenvalue weighted by molar-refractivity contribution is 14.0. The Bertz CT molecular complexity index is 713. The summed E-state index contributed by atoms with van der Waals surface area (Å²) >= 11 is 0. The average molecular weight is 558 g/mol. The molecule has 182 valence electrons. The molecule has 0 aromatic carbocycles. The quantitative estimate of drug-likeness (QED) is 0.316. The number of aliphatic imine (C=N–C) groups is 1. The van der Waals surface area contributed by atoms with E-state index in [1.54, 1.807) is 0 Å². The molecular formula is C25H44IN5O. The van der Waals surface area contributed by atoms with Gasteiger partial charge in [0.2, 0.25) is 5.89 Å². The van der Waals surface area contributed by atoms with Gasteiger partial charge in [-0.1, -0.05) is 25.7 Å². The number of hydrogen-bond donors (Lipinski definition) is 1. The lowest BCUT2D eigenvalue weighted by atomic mass is 9.74. The molecule has 1 aromatic rings. The van der Waals surface area contributed by atoms with Crippen LogP contribution < -0.4 is 5.32 Å². The minimum Gasteiger partial charge on any atom is -0.444 e. The molecule has 2 aliphatic heterocycles. The topological polar surface area (TPSA) is 56.9 Å². The molecule has 0 atom stereocenters. The van der Waals surface area contributed by atoms with E-state index in [-0.39, 0.29) is 24.0 Å². The van der Waals surface area contributed by atoms with E-state index in [0.29, 0.717) is 5.41 Å². The molecule has 1 N–H and O–H groups in total. The van der Waals surface area contributed by atoms with Gasteiger partial charge in [-0.15, -0.1) is 24.0 Å². The van der Waals surface area contributed by atoms with E-state index >= 15 is 0 Å². The number of aromatic nitrogens is 1. The van der Waals surface area contributed by atoms with E-state index < -0.39 is 0 Å². The summed E-state index contributed by atoms with van der Waals surface area (Å²) in [5, 5.41) is 3.75. The lowest BCUT2D eigenvalue weighted by molar-refractivity contribution is 0.114. The summed E-state index contributed by atoms with van der Waals surface area (Å²) in [6.07, 6.45) is 13.7. The van der Waals surface area contributed by atoms with Crippen molar-refractivity contribution in [3.63, 3.8) is 0 Å². The number of likely N-dealkylation sites (tertiary alicyclic amines) is 2. The molecule has 4 rings (SSSR count). The Morgan fingerprint density at radius 2 is 1.75 bits per heavy atom. The maximum absolute atomic E-state index is 5.77. The first-order chi connectivity index (χ1) is 15.1. The van der Waals surface area contributed by atoms with Gasteiger partial charge in [0.15, 0.2) is 5.96 Å². The van der Waals surface area contributed by atoms with Crippen LogP contribution in [0.1, 0.15) is 81.6 Å². The molecule has 1 saturated carbocycles. The fourth-order valence-corrected chi connectivity index (χ4v) is 5.99. The second-order valence-corrected chi connectivity index (χ2v) is 10.3. The van der Waals surface area contributed by atoms with Crippen molar-refractivity contribution in [1.82, 2.24) is 20.1 Å². The molecule has 0 bridgehead atoms. The zero-order chi connectivity index (χ0) is 21.7. The van der Waals surface area contributed by atoms with Gasteiger partial charge in [-0.2, -0.15) is 0 Å². The number of hydrogen-bond acceptors (Lipinski definition) is 4. The Kier molecular flexibility index (Phi) is 9.70. The summed E-state index contributed by atoms with van der Waals surface area (Å²) < 4.78 is 5.77. The molecule has 0 radical (unpaired) electrons. The molecule has 0 unspecified atom stereocenters. The number of aryl methyl sites for hydroxylation is 2. The highest BCUT2D eigenvalue weighted by Gasteiger charge is 2.36. The Labute approximate surface area is 212 Å². The molecule has 32 heavy (non-hydrogen) atoms. The summed E-state index contributed by atoms with van der Waals surface area (Å²) in [6.45, 7) is 10.5. The Hall–Kier alpha value is -0.830. The minimum atomic E-state index is 0. The first-order valence-corrected chi connectivity index (χ1v) is 12.7. The zero-order valence-electron chi connectivity index (χ0n) is 20.5. The molecule has 3 heterocycles. The van der Waals surface area contributed by atoms with Crippen LogP contribution in [0, 0.1) is 25.2 Å². The maximum Gasteiger partial charge on any atom is 0.208 e. The van der Waals surface area contributed by atoms with Gasteiger partial charge < -0.3 is 14.6 Å². The average Bonchev–Trinajstić information content (AvgIpc) is 2.95. The Morgan fingerprint density at radius 3 is 2.38 bits per heavy atom. The molecule has 3 fully saturated rings. The molecular weight excluding hydrogens is 513 g/mol. The number of nitrogens with zero attached hydrogens (tertiary/aromatic N) is 4. The van der Waals surface area contributed by atoms with E-state index in [1.807, 2.05) is 20.9 Å². The number of oxazole rings is 1. The number of halogens is 1. The Morgan fingerprint density at radius 1 is 1.06 bits per heavy atom. The molecule has 3 aliphatic rings. The van der Waals surface area contributed by atoms with Crippen molar-refractivity contribution in [3.05, 3.63) is 17.3 Å². The van der Waals surface area contributed by atoms with Crippen LogP contribution in [0.5, 0.6) is 0 Å². The van der Waals surface area contributed by atoms with Crippen molar-refractivity contribution < 1.29 is 4.42 Å². The van der Waals surface area contributed by atoms with Crippen LogP contribution in [0.2, 0.25) is 0 Å². The standard InChI is InChI=1S/C25H43N5O.HI/c1-20-21(2)31-23(28-20)18-29-15-9-22(10-16-29)17-27-24(26-3)30-14-8-13-25(19-30)11-6-4-5-7-12-25;/h22H,4-19H2,1-3H3,(H,26,27);1H. The fraction of sp³-hybridized carbons (Fsp3) is 0.840. The van der Waals surface area contributed by atoms with E-state index in [0.717, 1.165) is 61.9 Å². The SMILES string of the molecule is CN=C(NCC1CCN(Cc2nc(C)c(C)o2)CC1)N1CCCC2(CCCCCC2)C1.I. The van der Waals surface area contributed by atoms with Crippen LogP contribution in [0.15, 0.2) is 9.41 Å². The predicted molar refractivity (Wildman–Crippen MR) is 142 cm³/mol. The van der Waals surface area contributed by atoms with Gasteiger partial charge in [0.1, 0.15) is 5.76 Å². The van der Waals surface area contributed by atoms with Gasteiger partial charge in [0.25, 0.3) is 0 Å². The largest absolute Gasteiger partial charge is 0.444 e. The second-order valence-electron chi connectivity index (χ2n) is 10.3. The molecule has 7 heteroatoms. The highest BCUT2D eigenvalue weighted by Crippen LogP contribution is 2.42. The summed E-state index contributed by atoms with van der Waals surface area (Å²) in [7, 11) is 1.96. The van der Waals surface area contributed by atoms with Crippen molar-refractivity contribution in [2.75, 3.05) is 39.8 Å². The van der Waals surface area contributed by atoms with E-state index in [2.05, 4.69) is 25.1 Å². The first-order valence-electron chi connectivity index (χ1n) is 12.7. The van der Waals surface area contributed by atoms with Gasteiger partial charge in [-0.05, 0) is 76.8 Å². The third-order valence-corrected chi connectivity index (χ3v) is 8.02. The smallest absolute Gasteiger partial charge is 0.208 e. The first kappa shape index (κ1) is 25.8. The number of rotatable bonds is 4. The molecule has 1 aliphatic carbocycles. The summed E-state index contributed by atoms with van der Waals surface area (Å²) in [5.41, 5.74) is 1.57. The summed E-state index contributed by atoms with van der Waals surface area (Å²) in [5.74, 6) is 3.67. The van der Waals surface area contributed by atoms with Crippen LogP contribution in [0.4, 0.5) is 0 Å². The van der Waals surface area contributed by atoms with Crippen LogP contribution in [0.25, 0.3) is 0 Å². The number of piperidine rings is 2. The lowest BCUT2D eigenvalue weighted by Crippen LogP contribution is -2.51. The lowest BCUT2D eigenvalue weighted by Gasteiger charge is -2.44. The van der Waals surface area contributed by atoms with Crippen molar-refractivity contribution >= 4 is 29.9 Å². The maximum atomic E-state index is 5.77. The van der Waals surface area contributed by atoms with E-state index in [1.165, 1.54) is 70.8 Å². The Balaban J connectivity index is 0.00000289. The summed E-state index contributed by atoms with van der Waals surface area (Å²) in [4.78, 5) is 14.3. The third kappa shape index (κ3) is 6.61. The van der Waals surface area contributed by atoms with Crippen molar-refractivity contribution in [2.45, 2.75) is 84.6 Å². The van der Waals surface area contributed by atoms with E-state index in [4.69, 9.17) is 4.42 Å². The summed E-state index contributed by atoms with van der Waals surface area (Å²) in [6, 6.07) is 0. The monoisotopic (exact) mass is 557 g/mol. The fourth-order valence-electron chi connectivity index (χ4n) is 5.99. The number of nitrogens with one attached hydrogen (secondary N) is 1. The van der Waals surface area contributed by atoms with Crippen LogP contribution >= 0.6 is 24.0 Å². The third-order valence-electron chi connectivity index (χ3n) is 8.02. The van der Waals surface area contributed by atoms with Crippen molar-refractivity contribution in [2.24, 2.45) is 16.3 Å². The van der Waals surface area contributed by atoms with Crippen LogP contribution in [-0.4, -0.2) is 60.5 Å². The van der Waals surface area contributed by atoms with Gasteiger partial charge in [-0.3, -0.25) is 9.89 Å². The van der Waals surface area contributed by atoms with Gasteiger partial charge >= 0.3 is 0 Å². The van der Waals surface area contributed by atoms with Crippen LogP contribution in [-0.2, 0) is 6.54 Å². The molecule has 2 saturated heterocycles. The normalized spacial score (nSPS) is 23.1. The zero-order valence-corrected chi connectivity index (χ0v) is 22.8.